The predicted octanol–water partition coefficient (Wildman–Crippen LogP) is 7.29. The molecule has 31 heteroatoms. The second-order valence-corrected chi connectivity index (χ2v) is 21.4. The van der Waals surface area contributed by atoms with Crippen molar-refractivity contribution in [2.45, 2.75) is 24.5 Å². The van der Waals surface area contributed by atoms with Crippen LogP contribution in [-0.2, 0) is 50.6 Å². The van der Waals surface area contributed by atoms with Crippen molar-refractivity contribution in [1.82, 2.24) is 15.0 Å². The van der Waals surface area contributed by atoms with Crippen molar-refractivity contribution < 1.29 is 75.1 Å². The minimum absolute atomic E-state index is 0.0206. The number of aromatic hydroxyl groups is 2. The van der Waals surface area contributed by atoms with Crippen LogP contribution < -0.4 is 10.6 Å². The lowest BCUT2D eigenvalue weighted by atomic mass is 10.0. The molecule has 26 nitrogen and oxygen atoms in total. The summed E-state index contributed by atoms with van der Waals surface area (Å²) in [6.45, 7) is 0. The summed E-state index contributed by atoms with van der Waals surface area (Å²) in [4.78, 5) is 7.09. The number of fused-ring (bicyclic) bond motifs is 3. The molecule has 70 heavy (non-hydrogen) atoms. The Bertz CT molecular complexity index is 4180. The number of phenolic OH excluding ortho intramolecular Hbond substituents is 1. The number of hydrogen-bond donors (Lipinski definition) is 9. The van der Waals surface area contributed by atoms with Gasteiger partial charge in [-0.25, -0.2) is 0 Å². The molecule has 360 valence electrons. The molecule has 0 aliphatic rings. The van der Waals surface area contributed by atoms with Crippen LogP contribution in [0.1, 0.15) is 0 Å². The normalized spacial score (nSPS) is 12.9. The van der Waals surface area contributed by atoms with Crippen molar-refractivity contribution in [3.05, 3.63) is 109 Å². The molecule has 0 saturated carbocycles. The lowest BCUT2D eigenvalue weighted by Gasteiger charge is -2.17. The lowest BCUT2D eigenvalue weighted by Crippen LogP contribution is -2.07. The highest BCUT2D eigenvalue weighted by Crippen LogP contribution is 2.51. The first-order valence-electron chi connectivity index (χ1n) is 18.9. The smallest absolute Gasteiger partial charge is 0.320 e. The molecular formula is C39H27N9O17S5. The van der Waals surface area contributed by atoms with E-state index in [2.05, 4.69) is 46.0 Å². The van der Waals surface area contributed by atoms with Gasteiger partial charge in [-0.05, 0) is 71.4 Å². The summed E-state index contributed by atoms with van der Waals surface area (Å²) in [5, 5.41) is 42.1. The number of azo groups is 2. The zero-order valence-electron chi connectivity index (χ0n) is 34.3. The number of benzene rings is 7. The highest BCUT2D eigenvalue weighted by Gasteiger charge is 2.30. The van der Waals surface area contributed by atoms with E-state index in [1.807, 2.05) is 0 Å². The van der Waals surface area contributed by atoms with Gasteiger partial charge in [0.2, 0.25) is 11.9 Å². The molecule has 0 radical (unpaired) electrons. The lowest BCUT2D eigenvalue weighted by molar-refractivity contribution is 0.430. The molecular weight excluding hydrogens is 1030 g/mol. The molecule has 0 amide bonds. The van der Waals surface area contributed by atoms with Crippen LogP contribution in [0.3, 0.4) is 0 Å². The Balaban J connectivity index is 1.44. The van der Waals surface area contributed by atoms with Crippen LogP contribution in [0.2, 0.25) is 0 Å². The average Bonchev–Trinajstić information content (AvgIpc) is 3.26. The van der Waals surface area contributed by atoms with Gasteiger partial charge in [-0.15, -0.1) is 20.5 Å². The van der Waals surface area contributed by atoms with Crippen molar-refractivity contribution in [3.63, 3.8) is 0 Å². The molecule has 7 aromatic carbocycles. The summed E-state index contributed by atoms with van der Waals surface area (Å²) < 4.78 is 176. The number of hydrogen-bond acceptors (Lipinski definition) is 21. The molecule has 0 bridgehead atoms. The standard InChI is InChI=1S/C39H27N9O17S5/c49-36-32-20(17-31(70(63,64)65)34(36)48-46-28-18-23(67(54,55)56)15-19-14-22(66(51,52)53)12-13-24(19)28)16-30(69(60,61)62)33(47-45-27-10-4-9-26-25(27)8-5-11-29(26)68(57,58)59)35(32)41-38-42-37(43-39(50)44-38)40-21-6-2-1-3-7-21/h1-18,49H,(H,51,52,53)(H,54,55,56)(H,57,58,59)(H,60,61,62)(H,63,64,65)(H3,40,41,42,43,44,50). The predicted molar refractivity (Wildman–Crippen MR) is 245 cm³/mol. The first-order chi connectivity index (χ1) is 32.7. The number of nitrogens with one attached hydrogen (secondary N) is 2. The van der Waals surface area contributed by atoms with E-state index in [4.69, 9.17) is 0 Å². The van der Waals surface area contributed by atoms with E-state index in [1.165, 1.54) is 30.3 Å². The minimum Gasteiger partial charge on any atom is -0.505 e. The highest BCUT2D eigenvalue weighted by atomic mass is 32.2. The molecule has 1 aromatic heterocycles. The highest BCUT2D eigenvalue weighted by molar-refractivity contribution is 7.87. The molecule has 0 aliphatic heterocycles. The van der Waals surface area contributed by atoms with Gasteiger partial charge < -0.3 is 20.8 Å². The fraction of sp³-hybridized carbons (Fsp3) is 0. The first kappa shape index (κ1) is 48.7. The van der Waals surface area contributed by atoms with E-state index in [-0.39, 0.29) is 33.2 Å². The van der Waals surface area contributed by atoms with E-state index < -0.39 is 126 Å². The van der Waals surface area contributed by atoms with E-state index in [9.17, 15) is 75.1 Å². The van der Waals surface area contributed by atoms with Crippen LogP contribution in [0.5, 0.6) is 11.8 Å². The van der Waals surface area contributed by atoms with Gasteiger partial charge in [0, 0.05) is 21.8 Å². The maximum atomic E-state index is 13.2. The molecule has 0 atom stereocenters. The van der Waals surface area contributed by atoms with Crippen molar-refractivity contribution >= 4 is 129 Å². The van der Waals surface area contributed by atoms with Gasteiger partial charge in [0.1, 0.15) is 26.1 Å². The topological polar surface area (TPSA) is 424 Å². The Morgan fingerprint density at radius 2 is 0.986 bits per heavy atom. The third-order valence-corrected chi connectivity index (χ3v) is 14.2. The van der Waals surface area contributed by atoms with E-state index in [0.717, 1.165) is 30.3 Å². The molecule has 8 aromatic rings. The summed E-state index contributed by atoms with van der Waals surface area (Å²) >= 11 is 0. The molecule has 8 rings (SSSR count). The van der Waals surface area contributed by atoms with E-state index >= 15 is 0 Å². The fourth-order valence-corrected chi connectivity index (χ4v) is 9.99. The molecule has 0 saturated heterocycles. The Labute approximate surface area is 393 Å². The van der Waals surface area contributed by atoms with Crippen LogP contribution in [0.25, 0.3) is 32.3 Å². The monoisotopic (exact) mass is 1050 g/mol. The summed E-state index contributed by atoms with van der Waals surface area (Å²) in [6, 6.07) is 20.0. The summed E-state index contributed by atoms with van der Waals surface area (Å²) in [6.07, 6.45) is 0. The van der Waals surface area contributed by atoms with E-state index in [1.54, 1.807) is 30.3 Å². The van der Waals surface area contributed by atoms with Crippen molar-refractivity contribution in [2.75, 3.05) is 10.6 Å². The third-order valence-electron chi connectivity index (χ3n) is 9.85. The number of phenols is 1. The van der Waals surface area contributed by atoms with E-state index in [0.29, 0.717) is 23.9 Å². The van der Waals surface area contributed by atoms with Crippen LogP contribution in [0.15, 0.2) is 154 Å². The Morgan fingerprint density at radius 1 is 0.429 bits per heavy atom. The summed E-state index contributed by atoms with van der Waals surface area (Å²) in [5.41, 5.74) is -3.25. The largest absolute Gasteiger partial charge is 0.505 e. The van der Waals surface area contributed by atoms with Crippen LogP contribution in [-0.4, -0.2) is 90.0 Å². The van der Waals surface area contributed by atoms with Crippen LogP contribution >= 0.6 is 0 Å². The van der Waals surface area contributed by atoms with Gasteiger partial charge >= 0.3 is 6.01 Å². The van der Waals surface area contributed by atoms with Crippen LogP contribution in [0.4, 0.5) is 46.0 Å². The molecule has 0 spiro atoms. The number of nitrogens with zero attached hydrogens (tertiary/aromatic N) is 7. The SMILES string of the molecule is O=S(=O)(O)c1ccc2c(N=Nc3c(S(=O)(=O)O)cc4cc(S(=O)(=O)O)c(N=Nc5cccc6c(S(=O)(=O)O)cccc56)c(Nc5nc(O)nc(Nc6ccccc6)n5)c4c3O)cc(S(=O)(=O)O)cc2c1. The van der Waals surface area contributed by atoms with Gasteiger partial charge in [0.15, 0.2) is 5.75 Å². The average molecular weight is 1050 g/mol. The third kappa shape index (κ3) is 10.0. The maximum absolute atomic E-state index is 13.2. The molecule has 0 aliphatic carbocycles. The Hall–Kier alpha value is -7.72. The maximum Gasteiger partial charge on any atom is 0.320 e. The second-order valence-electron chi connectivity index (χ2n) is 14.4. The molecule has 9 N–H and O–H groups in total. The second kappa shape index (κ2) is 17.7. The van der Waals surface area contributed by atoms with Gasteiger partial charge in [0.25, 0.3) is 50.6 Å². The quantitative estimate of drug-likeness (QED) is 0.0404. The molecule has 0 fully saturated rings. The van der Waals surface area contributed by atoms with Crippen molar-refractivity contribution in [1.29, 1.82) is 0 Å². The molecule has 1 heterocycles. The van der Waals surface area contributed by atoms with Gasteiger partial charge in [-0.2, -0.15) is 57.0 Å². The Kier molecular flexibility index (Phi) is 12.3. The van der Waals surface area contributed by atoms with Gasteiger partial charge in [-0.3, -0.25) is 22.8 Å². The zero-order chi connectivity index (χ0) is 50.7. The van der Waals surface area contributed by atoms with Crippen molar-refractivity contribution in [3.8, 4) is 11.8 Å². The number of anilines is 4. The Morgan fingerprint density at radius 3 is 1.61 bits per heavy atom. The van der Waals surface area contributed by atoms with Crippen LogP contribution in [0, 0.1) is 0 Å². The summed E-state index contributed by atoms with van der Waals surface area (Å²) in [7, 11) is -25.9. The fourth-order valence-electron chi connectivity index (χ4n) is 6.91. The van der Waals surface area contributed by atoms with Gasteiger partial charge in [0.05, 0.1) is 32.2 Å². The number of rotatable bonds is 13. The molecule has 0 unspecified atom stereocenters. The minimum atomic E-state index is -5.55. The number of aromatic nitrogens is 3. The zero-order valence-corrected chi connectivity index (χ0v) is 38.4. The van der Waals surface area contributed by atoms with Gasteiger partial charge in [-0.1, -0.05) is 48.5 Å². The number of para-hydroxylation sites is 1. The summed E-state index contributed by atoms with van der Waals surface area (Å²) in [5.74, 6) is -2.32. The first-order valence-corrected chi connectivity index (χ1v) is 26.1. The van der Waals surface area contributed by atoms with Crippen molar-refractivity contribution in [2.24, 2.45) is 20.5 Å².